The molecule has 0 aliphatic rings. The third kappa shape index (κ3) is 5.10. The standard InChI is InChI=1S/C15H24ClN/c1-11-8-12(10-13(16)9-11)14(17-5)6-7-15(2,3)4/h8-10,14,17H,6-7H2,1-5H3. The fourth-order valence-corrected chi connectivity index (χ4v) is 2.32. The summed E-state index contributed by atoms with van der Waals surface area (Å²) in [6.45, 7) is 8.93. The molecule has 0 aromatic heterocycles. The molecule has 0 aliphatic carbocycles. The first-order valence-corrected chi connectivity index (χ1v) is 6.64. The van der Waals surface area contributed by atoms with Crippen molar-refractivity contribution in [3.8, 4) is 0 Å². The molecule has 1 aromatic carbocycles. The Hall–Kier alpha value is -0.530. The van der Waals surface area contributed by atoms with Crippen LogP contribution in [0.3, 0.4) is 0 Å². The van der Waals surface area contributed by atoms with Crippen LogP contribution < -0.4 is 5.32 Å². The molecule has 2 heteroatoms. The molecule has 17 heavy (non-hydrogen) atoms. The van der Waals surface area contributed by atoms with E-state index in [1.165, 1.54) is 17.5 Å². The van der Waals surface area contributed by atoms with Crippen LogP contribution in [0.4, 0.5) is 0 Å². The van der Waals surface area contributed by atoms with E-state index in [9.17, 15) is 0 Å². The predicted octanol–water partition coefficient (Wildman–Crippen LogP) is 4.74. The average molecular weight is 254 g/mol. The van der Waals surface area contributed by atoms with Gasteiger partial charge in [0.1, 0.15) is 0 Å². The summed E-state index contributed by atoms with van der Waals surface area (Å²) in [5, 5.41) is 4.22. The molecule has 0 spiro atoms. The van der Waals surface area contributed by atoms with Crippen LogP contribution in [0.2, 0.25) is 5.02 Å². The van der Waals surface area contributed by atoms with Crippen LogP contribution in [0, 0.1) is 12.3 Å². The predicted molar refractivity (Wildman–Crippen MR) is 76.7 cm³/mol. The molecule has 1 aromatic rings. The number of halogens is 1. The number of hydrogen-bond acceptors (Lipinski definition) is 1. The molecule has 0 heterocycles. The summed E-state index contributed by atoms with van der Waals surface area (Å²) in [6, 6.07) is 6.68. The smallest absolute Gasteiger partial charge is 0.0411 e. The van der Waals surface area contributed by atoms with E-state index in [1.807, 2.05) is 13.1 Å². The maximum Gasteiger partial charge on any atom is 0.0411 e. The summed E-state index contributed by atoms with van der Waals surface area (Å²) in [7, 11) is 2.02. The van der Waals surface area contributed by atoms with E-state index in [2.05, 4.69) is 45.1 Å². The van der Waals surface area contributed by atoms with E-state index in [-0.39, 0.29) is 0 Å². The molecule has 1 unspecified atom stereocenters. The molecule has 1 N–H and O–H groups in total. The third-order valence-corrected chi connectivity index (χ3v) is 3.22. The Balaban J connectivity index is 2.79. The van der Waals surface area contributed by atoms with E-state index in [0.29, 0.717) is 11.5 Å². The second-order valence-corrected chi connectivity index (χ2v) is 6.44. The molecule has 1 rings (SSSR count). The van der Waals surface area contributed by atoms with Crippen molar-refractivity contribution in [3.05, 3.63) is 34.3 Å². The normalized spacial score (nSPS) is 13.8. The Kier molecular flexibility index (Phi) is 5.03. The summed E-state index contributed by atoms with van der Waals surface area (Å²) in [5.41, 5.74) is 2.90. The topological polar surface area (TPSA) is 12.0 Å². The van der Waals surface area contributed by atoms with Crippen molar-refractivity contribution in [1.29, 1.82) is 0 Å². The van der Waals surface area contributed by atoms with E-state index in [1.54, 1.807) is 0 Å². The van der Waals surface area contributed by atoms with Gasteiger partial charge in [-0.15, -0.1) is 0 Å². The lowest BCUT2D eigenvalue weighted by Crippen LogP contribution is -2.19. The van der Waals surface area contributed by atoms with Crippen molar-refractivity contribution in [3.63, 3.8) is 0 Å². The van der Waals surface area contributed by atoms with Crippen molar-refractivity contribution in [2.24, 2.45) is 5.41 Å². The SMILES string of the molecule is CNC(CCC(C)(C)C)c1cc(C)cc(Cl)c1. The van der Waals surface area contributed by atoms with Crippen LogP contribution in [-0.2, 0) is 0 Å². The van der Waals surface area contributed by atoms with E-state index >= 15 is 0 Å². The first-order valence-electron chi connectivity index (χ1n) is 6.26. The van der Waals surface area contributed by atoms with Gasteiger partial charge in [-0.25, -0.2) is 0 Å². The summed E-state index contributed by atoms with van der Waals surface area (Å²) in [5.74, 6) is 0. The monoisotopic (exact) mass is 253 g/mol. The lowest BCUT2D eigenvalue weighted by molar-refractivity contribution is 0.338. The van der Waals surface area contributed by atoms with Crippen LogP contribution in [0.1, 0.15) is 50.8 Å². The van der Waals surface area contributed by atoms with E-state index in [0.717, 1.165) is 11.4 Å². The molecule has 1 nitrogen and oxygen atoms in total. The molecule has 0 fully saturated rings. The lowest BCUT2D eigenvalue weighted by atomic mass is 9.87. The number of hydrogen-bond donors (Lipinski definition) is 1. The largest absolute Gasteiger partial charge is 0.313 e. The van der Waals surface area contributed by atoms with Crippen molar-refractivity contribution in [1.82, 2.24) is 5.32 Å². The molecular weight excluding hydrogens is 230 g/mol. The van der Waals surface area contributed by atoms with Crippen molar-refractivity contribution in [2.45, 2.75) is 46.6 Å². The molecule has 96 valence electrons. The maximum absolute atomic E-state index is 6.11. The molecule has 0 aliphatic heterocycles. The van der Waals surface area contributed by atoms with Gasteiger partial charge in [-0.05, 0) is 55.5 Å². The highest BCUT2D eigenvalue weighted by Crippen LogP contribution is 2.28. The van der Waals surface area contributed by atoms with Gasteiger partial charge in [0.25, 0.3) is 0 Å². The molecule has 0 bridgehead atoms. The van der Waals surface area contributed by atoms with Gasteiger partial charge in [0, 0.05) is 11.1 Å². The Bertz CT molecular complexity index is 345. The van der Waals surface area contributed by atoms with Gasteiger partial charge >= 0.3 is 0 Å². The van der Waals surface area contributed by atoms with Crippen LogP contribution >= 0.6 is 11.6 Å². The highest BCUT2D eigenvalue weighted by molar-refractivity contribution is 6.30. The highest BCUT2D eigenvalue weighted by Gasteiger charge is 2.16. The van der Waals surface area contributed by atoms with Crippen LogP contribution in [0.15, 0.2) is 18.2 Å². The minimum atomic E-state index is 0.378. The summed E-state index contributed by atoms with van der Waals surface area (Å²) in [6.07, 6.45) is 2.34. The number of nitrogens with one attached hydrogen (secondary N) is 1. The molecule has 0 amide bonds. The second kappa shape index (κ2) is 5.88. The molecule has 0 saturated heterocycles. The molecule has 0 saturated carbocycles. The summed E-state index contributed by atoms with van der Waals surface area (Å²) >= 11 is 6.11. The Morgan fingerprint density at radius 3 is 2.35 bits per heavy atom. The van der Waals surface area contributed by atoms with Crippen molar-refractivity contribution in [2.75, 3.05) is 7.05 Å². The third-order valence-electron chi connectivity index (χ3n) is 3.00. The first kappa shape index (κ1) is 14.5. The van der Waals surface area contributed by atoms with Gasteiger partial charge < -0.3 is 5.32 Å². The van der Waals surface area contributed by atoms with Crippen LogP contribution in [-0.4, -0.2) is 7.05 Å². The highest BCUT2D eigenvalue weighted by atomic mass is 35.5. The summed E-state index contributed by atoms with van der Waals surface area (Å²) in [4.78, 5) is 0. The zero-order valence-corrected chi connectivity index (χ0v) is 12.4. The van der Waals surface area contributed by atoms with Gasteiger partial charge in [-0.1, -0.05) is 38.4 Å². The van der Waals surface area contributed by atoms with Crippen LogP contribution in [0.5, 0.6) is 0 Å². The van der Waals surface area contributed by atoms with Gasteiger partial charge in [-0.3, -0.25) is 0 Å². The van der Waals surface area contributed by atoms with Crippen molar-refractivity contribution >= 4 is 11.6 Å². The maximum atomic E-state index is 6.11. The zero-order chi connectivity index (χ0) is 13.1. The Labute approximate surface area is 111 Å². The van der Waals surface area contributed by atoms with Gasteiger partial charge in [0.15, 0.2) is 0 Å². The van der Waals surface area contributed by atoms with Gasteiger partial charge in [0.2, 0.25) is 0 Å². The van der Waals surface area contributed by atoms with E-state index < -0.39 is 0 Å². The molecule has 0 radical (unpaired) electrons. The first-order chi connectivity index (χ1) is 7.81. The van der Waals surface area contributed by atoms with Crippen molar-refractivity contribution < 1.29 is 0 Å². The quantitative estimate of drug-likeness (QED) is 0.818. The lowest BCUT2D eigenvalue weighted by Gasteiger charge is -2.23. The number of aryl methyl sites for hydroxylation is 1. The summed E-state index contributed by atoms with van der Waals surface area (Å²) < 4.78 is 0. The molecular formula is C15H24ClN. The molecule has 1 atom stereocenters. The zero-order valence-electron chi connectivity index (χ0n) is 11.6. The number of rotatable bonds is 4. The van der Waals surface area contributed by atoms with Crippen LogP contribution in [0.25, 0.3) is 0 Å². The minimum Gasteiger partial charge on any atom is -0.313 e. The second-order valence-electron chi connectivity index (χ2n) is 6.00. The average Bonchev–Trinajstić information content (AvgIpc) is 2.15. The number of benzene rings is 1. The fraction of sp³-hybridized carbons (Fsp3) is 0.600. The fourth-order valence-electron chi connectivity index (χ4n) is 2.02. The Morgan fingerprint density at radius 1 is 1.24 bits per heavy atom. The van der Waals surface area contributed by atoms with Gasteiger partial charge in [-0.2, -0.15) is 0 Å². The van der Waals surface area contributed by atoms with Gasteiger partial charge in [0.05, 0.1) is 0 Å². The minimum absolute atomic E-state index is 0.378. The van der Waals surface area contributed by atoms with E-state index in [4.69, 9.17) is 11.6 Å². The Morgan fingerprint density at radius 2 is 1.88 bits per heavy atom.